The van der Waals surface area contributed by atoms with Crippen LogP contribution in [-0.2, 0) is 19.0 Å². The van der Waals surface area contributed by atoms with Crippen molar-refractivity contribution in [2.24, 2.45) is 0 Å². The summed E-state index contributed by atoms with van der Waals surface area (Å²) in [6.07, 6.45) is 4.02. The van der Waals surface area contributed by atoms with Crippen LogP contribution in [0.1, 0.15) is 20.3 Å². The lowest BCUT2D eigenvalue weighted by atomic mass is 10.1. The minimum atomic E-state index is -3.42. The molecule has 2 rings (SSSR count). The van der Waals surface area contributed by atoms with E-state index < -0.39 is 15.4 Å². The third kappa shape index (κ3) is 1.71. The Morgan fingerprint density at radius 3 is 2.57 bits per heavy atom. The van der Waals surface area contributed by atoms with E-state index in [0.29, 0.717) is 6.42 Å². The maximum absolute atomic E-state index is 11.5. The first kappa shape index (κ1) is 10.1. The molecule has 0 aliphatic carbocycles. The zero-order chi connectivity index (χ0) is 10.3. The molecular formula is C9H14O4S. The molecule has 0 aromatic carbocycles. The minimum Gasteiger partial charge on any atom is -0.364 e. The van der Waals surface area contributed by atoms with Gasteiger partial charge in [0.2, 0.25) is 0 Å². The number of hydrogen-bond donors (Lipinski definition) is 0. The highest BCUT2D eigenvalue weighted by molar-refractivity contribution is 7.87. The van der Waals surface area contributed by atoms with Crippen molar-refractivity contribution in [3.8, 4) is 0 Å². The molecule has 2 heterocycles. The second kappa shape index (κ2) is 3.32. The molecule has 1 saturated heterocycles. The van der Waals surface area contributed by atoms with Crippen molar-refractivity contribution in [3.63, 3.8) is 0 Å². The molecule has 0 radical (unpaired) electrons. The van der Waals surface area contributed by atoms with Gasteiger partial charge in [-0.05, 0) is 13.8 Å². The van der Waals surface area contributed by atoms with Crippen LogP contribution >= 0.6 is 0 Å². The molecule has 0 aromatic rings. The molecule has 0 amide bonds. The van der Waals surface area contributed by atoms with E-state index in [9.17, 15) is 8.42 Å². The second-order valence-corrected chi connectivity index (χ2v) is 6.06. The fourth-order valence-electron chi connectivity index (χ4n) is 1.61. The molecule has 0 saturated carbocycles. The summed E-state index contributed by atoms with van der Waals surface area (Å²) in [5.41, 5.74) is 0. The monoisotopic (exact) mass is 218 g/mol. The van der Waals surface area contributed by atoms with Gasteiger partial charge in [0, 0.05) is 6.42 Å². The Labute approximate surface area is 84.0 Å². The Morgan fingerprint density at radius 1 is 1.43 bits per heavy atom. The van der Waals surface area contributed by atoms with Gasteiger partial charge < -0.3 is 4.74 Å². The number of rotatable bonds is 3. The summed E-state index contributed by atoms with van der Waals surface area (Å²) in [6.45, 7) is 3.22. The summed E-state index contributed by atoms with van der Waals surface area (Å²) in [7, 11) is -3.42. The Hall–Kier alpha value is -0.390. The Balaban J connectivity index is 2.03. The second-order valence-electron chi connectivity index (χ2n) is 3.94. The van der Waals surface area contributed by atoms with Crippen LogP contribution in [0, 0.1) is 0 Å². The van der Waals surface area contributed by atoms with Crippen molar-refractivity contribution in [2.45, 2.75) is 43.8 Å². The molecule has 1 fully saturated rings. The van der Waals surface area contributed by atoms with Gasteiger partial charge in [0.15, 0.2) is 0 Å². The highest BCUT2D eigenvalue weighted by atomic mass is 32.2. The third-order valence-corrected chi connectivity index (χ3v) is 4.18. The van der Waals surface area contributed by atoms with E-state index in [2.05, 4.69) is 0 Å². The van der Waals surface area contributed by atoms with E-state index in [1.807, 2.05) is 12.2 Å². The highest BCUT2D eigenvalue weighted by Gasteiger charge is 2.40. The lowest BCUT2D eigenvalue weighted by Gasteiger charge is -2.17. The summed E-state index contributed by atoms with van der Waals surface area (Å²) >= 11 is 0. The van der Waals surface area contributed by atoms with Crippen LogP contribution < -0.4 is 0 Å². The minimum absolute atomic E-state index is 0.0485. The van der Waals surface area contributed by atoms with E-state index in [1.54, 1.807) is 13.8 Å². The molecule has 5 heteroatoms. The quantitative estimate of drug-likeness (QED) is 0.520. The fraction of sp³-hybridized carbons (Fsp3) is 0.778. The normalized spacial score (nSPS) is 35.8. The van der Waals surface area contributed by atoms with Crippen LogP contribution in [0.4, 0.5) is 0 Å². The predicted octanol–water partition coefficient (Wildman–Crippen LogP) is 0.837. The molecule has 80 valence electrons. The van der Waals surface area contributed by atoms with E-state index in [-0.39, 0.29) is 18.3 Å². The molecule has 14 heavy (non-hydrogen) atoms. The number of ether oxygens (including phenoxy) is 1. The Bertz CT molecular complexity index is 344. The van der Waals surface area contributed by atoms with Crippen LogP contribution in [0.15, 0.2) is 12.2 Å². The van der Waals surface area contributed by atoms with Crippen molar-refractivity contribution < 1.29 is 17.3 Å². The van der Waals surface area contributed by atoms with Crippen LogP contribution in [0.2, 0.25) is 0 Å². The first-order valence-electron chi connectivity index (χ1n) is 4.75. The molecule has 3 unspecified atom stereocenters. The summed E-state index contributed by atoms with van der Waals surface area (Å²) in [5, 5.41) is -0.495. The largest absolute Gasteiger partial charge is 0.364 e. The zero-order valence-corrected chi connectivity index (χ0v) is 9.03. The van der Waals surface area contributed by atoms with Crippen LogP contribution in [0.25, 0.3) is 0 Å². The molecule has 2 aliphatic rings. The smallest absolute Gasteiger partial charge is 0.270 e. The van der Waals surface area contributed by atoms with Crippen molar-refractivity contribution in [3.05, 3.63) is 12.2 Å². The Kier molecular flexibility index (Phi) is 2.41. The lowest BCUT2D eigenvalue weighted by Crippen LogP contribution is -2.29. The van der Waals surface area contributed by atoms with Crippen molar-refractivity contribution in [2.75, 3.05) is 0 Å². The van der Waals surface area contributed by atoms with Gasteiger partial charge in [0.1, 0.15) is 12.2 Å². The molecule has 0 N–H and O–H groups in total. The Morgan fingerprint density at radius 2 is 2.14 bits per heavy atom. The van der Waals surface area contributed by atoms with Crippen LogP contribution in [0.5, 0.6) is 0 Å². The van der Waals surface area contributed by atoms with Gasteiger partial charge in [-0.3, -0.25) is 4.18 Å². The molecule has 0 aromatic heterocycles. The summed E-state index contributed by atoms with van der Waals surface area (Å²) < 4.78 is 33.4. The van der Waals surface area contributed by atoms with Gasteiger partial charge in [-0.2, -0.15) is 8.42 Å². The highest BCUT2D eigenvalue weighted by Crippen LogP contribution is 2.32. The van der Waals surface area contributed by atoms with E-state index in [4.69, 9.17) is 8.92 Å². The number of fused-ring (bicyclic) bond motifs is 2. The zero-order valence-electron chi connectivity index (χ0n) is 8.21. The molecular weight excluding hydrogens is 204 g/mol. The summed E-state index contributed by atoms with van der Waals surface area (Å²) in [6, 6.07) is 0. The van der Waals surface area contributed by atoms with Gasteiger partial charge in [-0.1, -0.05) is 12.2 Å². The maximum Gasteiger partial charge on any atom is 0.270 e. The SMILES string of the molecule is CC(C)S(=O)(=O)OC1CC2C=CC1O2. The average molecular weight is 218 g/mol. The van der Waals surface area contributed by atoms with Gasteiger partial charge in [-0.15, -0.1) is 0 Å². The summed E-state index contributed by atoms with van der Waals surface area (Å²) in [4.78, 5) is 0. The first-order chi connectivity index (χ1) is 6.49. The third-order valence-electron chi connectivity index (χ3n) is 2.51. The lowest BCUT2D eigenvalue weighted by molar-refractivity contribution is 0.0819. The van der Waals surface area contributed by atoms with Crippen LogP contribution in [0.3, 0.4) is 0 Å². The van der Waals surface area contributed by atoms with Gasteiger partial charge in [-0.25, -0.2) is 0 Å². The van der Waals surface area contributed by atoms with E-state index >= 15 is 0 Å². The average Bonchev–Trinajstić information content (AvgIpc) is 2.63. The number of hydrogen-bond acceptors (Lipinski definition) is 4. The van der Waals surface area contributed by atoms with E-state index in [0.717, 1.165) is 0 Å². The first-order valence-corrected chi connectivity index (χ1v) is 6.22. The molecule has 0 spiro atoms. The van der Waals surface area contributed by atoms with E-state index in [1.165, 1.54) is 0 Å². The van der Waals surface area contributed by atoms with Gasteiger partial charge in [0.25, 0.3) is 10.1 Å². The molecule has 2 aliphatic heterocycles. The maximum atomic E-state index is 11.5. The standard InChI is InChI=1S/C9H14O4S/c1-6(2)14(10,11)13-9-5-7-3-4-8(9)12-7/h3-4,6-9H,5H2,1-2H3. The molecule has 4 nitrogen and oxygen atoms in total. The van der Waals surface area contributed by atoms with Crippen LogP contribution in [-0.4, -0.2) is 32.0 Å². The van der Waals surface area contributed by atoms with Gasteiger partial charge >= 0.3 is 0 Å². The van der Waals surface area contributed by atoms with Crippen molar-refractivity contribution in [1.29, 1.82) is 0 Å². The predicted molar refractivity (Wildman–Crippen MR) is 51.3 cm³/mol. The topological polar surface area (TPSA) is 52.6 Å². The molecule has 3 atom stereocenters. The fourth-order valence-corrected chi connectivity index (χ4v) is 2.37. The molecule has 2 bridgehead atoms. The van der Waals surface area contributed by atoms with Gasteiger partial charge in [0.05, 0.1) is 11.4 Å². The van der Waals surface area contributed by atoms with Crippen molar-refractivity contribution in [1.82, 2.24) is 0 Å². The van der Waals surface area contributed by atoms with Crippen molar-refractivity contribution >= 4 is 10.1 Å². The summed E-state index contributed by atoms with van der Waals surface area (Å²) in [5.74, 6) is 0.